The molecule has 0 amide bonds. The quantitative estimate of drug-likeness (QED) is 0.691. The van der Waals surface area contributed by atoms with E-state index in [0.29, 0.717) is 18.2 Å². The highest BCUT2D eigenvalue weighted by Crippen LogP contribution is 2.18. The highest BCUT2D eigenvalue weighted by molar-refractivity contribution is 5.76. The fourth-order valence-corrected chi connectivity index (χ4v) is 2.05. The van der Waals surface area contributed by atoms with Gasteiger partial charge in [0.05, 0.1) is 17.5 Å². The number of aromatic nitrogens is 4. The summed E-state index contributed by atoms with van der Waals surface area (Å²) in [6.45, 7) is 3.86. The largest absolute Gasteiger partial charge is 0.425 e. The van der Waals surface area contributed by atoms with Crippen LogP contribution in [0.4, 0.5) is 0 Å². The zero-order valence-electron chi connectivity index (χ0n) is 10.6. The molecule has 0 aliphatic heterocycles. The molecule has 0 saturated carbocycles. The standard InChI is InChI=1S/C13H14N4O/c1-8-4-5-10-11(6-8)17(3)12(14-10)7-13-16-15-9(2)18-13/h4-6H,7H2,1-3H3. The maximum absolute atomic E-state index is 5.39. The molecule has 2 heterocycles. The van der Waals surface area contributed by atoms with Crippen LogP contribution in [-0.4, -0.2) is 19.7 Å². The van der Waals surface area contributed by atoms with E-state index in [2.05, 4.69) is 38.8 Å². The smallest absolute Gasteiger partial charge is 0.224 e. The van der Waals surface area contributed by atoms with Crippen LogP contribution in [-0.2, 0) is 13.5 Å². The first-order valence-electron chi connectivity index (χ1n) is 5.84. The molecule has 0 aliphatic carbocycles. The number of rotatable bonds is 2. The number of hydrogen-bond acceptors (Lipinski definition) is 4. The molecule has 92 valence electrons. The van der Waals surface area contributed by atoms with Crippen molar-refractivity contribution in [3.8, 4) is 0 Å². The van der Waals surface area contributed by atoms with Gasteiger partial charge in [0.1, 0.15) is 5.82 Å². The van der Waals surface area contributed by atoms with Gasteiger partial charge in [-0.1, -0.05) is 6.07 Å². The minimum atomic E-state index is 0.561. The van der Waals surface area contributed by atoms with Crippen molar-refractivity contribution < 1.29 is 4.42 Å². The lowest BCUT2D eigenvalue weighted by atomic mass is 10.2. The fraction of sp³-hybridized carbons (Fsp3) is 0.308. The summed E-state index contributed by atoms with van der Waals surface area (Å²) in [5, 5.41) is 7.83. The lowest BCUT2D eigenvalue weighted by Crippen LogP contribution is -1.99. The highest BCUT2D eigenvalue weighted by atomic mass is 16.4. The maximum atomic E-state index is 5.39. The molecule has 3 aromatic rings. The van der Waals surface area contributed by atoms with Gasteiger partial charge in [0.2, 0.25) is 11.8 Å². The molecule has 2 aromatic heterocycles. The molecule has 0 fully saturated rings. The third-order valence-corrected chi connectivity index (χ3v) is 3.01. The number of aryl methyl sites for hydroxylation is 3. The minimum Gasteiger partial charge on any atom is -0.425 e. The van der Waals surface area contributed by atoms with E-state index < -0.39 is 0 Å². The van der Waals surface area contributed by atoms with Crippen molar-refractivity contribution in [2.45, 2.75) is 20.3 Å². The van der Waals surface area contributed by atoms with Crippen LogP contribution in [0.1, 0.15) is 23.2 Å². The Balaban J connectivity index is 2.04. The number of benzene rings is 1. The zero-order valence-corrected chi connectivity index (χ0v) is 10.6. The van der Waals surface area contributed by atoms with Crippen molar-refractivity contribution in [3.05, 3.63) is 41.4 Å². The second-order valence-electron chi connectivity index (χ2n) is 4.47. The van der Waals surface area contributed by atoms with Crippen LogP contribution in [0.25, 0.3) is 11.0 Å². The van der Waals surface area contributed by atoms with Gasteiger partial charge in [-0.3, -0.25) is 0 Å². The Bertz CT molecular complexity index is 711. The van der Waals surface area contributed by atoms with Crippen LogP contribution >= 0.6 is 0 Å². The normalized spacial score (nSPS) is 11.3. The van der Waals surface area contributed by atoms with Crippen LogP contribution in [0.5, 0.6) is 0 Å². The first-order chi connectivity index (χ1) is 8.63. The summed E-state index contributed by atoms with van der Waals surface area (Å²) in [6, 6.07) is 6.23. The molecule has 5 heteroatoms. The van der Waals surface area contributed by atoms with Gasteiger partial charge in [-0.2, -0.15) is 0 Å². The Morgan fingerprint density at radius 1 is 1.22 bits per heavy atom. The number of hydrogen-bond donors (Lipinski definition) is 0. The van der Waals surface area contributed by atoms with Gasteiger partial charge >= 0.3 is 0 Å². The summed E-state index contributed by atoms with van der Waals surface area (Å²) in [5.41, 5.74) is 3.35. The molecule has 0 bridgehead atoms. The molecule has 0 saturated heterocycles. The fourth-order valence-electron chi connectivity index (χ4n) is 2.05. The molecule has 5 nitrogen and oxygen atoms in total. The van der Waals surface area contributed by atoms with E-state index in [1.165, 1.54) is 5.56 Å². The number of imidazole rings is 1. The van der Waals surface area contributed by atoms with Crippen molar-refractivity contribution in [3.63, 3.8) is 0 Å². The molecule has 0 N–H and O–H groups in total. The Kier molecular flexibility index (Phi) is 2.40. The van der Waals surface area contributed by atoms with Crippen LogP contribution in [0.2, 0.25) is 0 Å². The Morgan fingerprint density at radius 3 is 2.78 bits per heavy atom. The number of nitrogens with zero attached hydrogens (tertiary/aromatic N) is 4. The molecule has 0 aliphatic rings. The predicted molar refractivity (Wildman–Crippen MR) is 67.3 cm³/mol. The highest BCUT2D eigenvalue weighted by Gasteiger charge is 2.11. The van der Waals surface area contributed by atoms with Crippen LogP contribution in [0.15, 0.2) is 22.6 Å². The van der Waals surface area contributed by atoms with E-state index in [0.717, 1.165) is 16.9 Å². The monoisotopic (exact) mass is 242 g/mol. The SMILES string of the molecule is Cc1ccc2nc(Cc3nnc(C)o3)n(C)c2c1. The summed E-state index contributed by atoms with van der Waals surface area (Å²) >= 11 is 0. The van der Waals surface area contributed by atoms with Crippen LogP contribution in [0.3, 0.4) is 0 Å². The third kappa shape index (κ3) is 1.77. The summed E-state index contributed by atoms with van der Waals surface area (Å²) in [5.74, 6) is 2.11. The van der Waals surface area contributed by atoms with Gasteiger partial charge in [0, 0.05) is 14.0 Å². The van der Waals surface area contributed by atoms with Crippen LogP contribution in [0, 0.1) is 13.8 Å². The van der Waals surface area contributed by atoms with Gasteiger partial charge in [-0.05, 0) is 24.6 Å². The Morgan fingerprint density at radius 2 is 2.06 bits per heavy atom. The second-order valence-corrected chi connectivity index (χ2v) is 4.47. The Labute approximate surface area is 104 Å². The predicted octanol–water partition coefficient (Wildman–Crippen LogP) is 2.16. The van der Waals surface area contributed by atoms with Crippen LogP contribution < -0.4 is 0 Å². The van der Waals surface area contributed by atoms with Crippen molar-refractivity contribution >= 4 is 11.0 Å². The van der Waals surface area contributed by atoms with E-state index in [-0.39, 0.29) is 0 Å². The molecule has 0 spiro atoms. The van der Waals surface area contributed by atoms with Gasteiger partial charge in [0.25, 0.3) is 0 Å². The first-order valence-corrected chi connectivity index (χ1v) is 5.84. The molecule has 0 atom stereocenters. The summed E-state index contributed by atoms with van der Waals surface area (Å²) in [7, 11) is 2.01. The summed E-state index contributed by atoms with van der Waals surface area (Å²) < 4.78 is 7.46. The minimum absolute atomic E-state index is 0.561. The molecular formula is C13H14N4O. The van der Waals surface area contributed by atoms with Crippen molar-refractivity contribution in [2.75, 3.05) is 0 Å². The van der Waals surface area contributed by atoms with E-state index in [1.54, 1.807) is 6.92 Å². The summed E-state index contributed by atoms with van der Waals surface area (Å²) in [4.78, 5) is 4.59. The van der Waals surface area contributed by atoms with Crippen molar-refractivity contribution in [1.82, 2.24) is 19.7 Å². The molecule has 0 unspecified atom stereocenters. The first kappa shape index (κ1) is 11.0. The molecule has 1 aromatic carbocycles. The zero-order chi connectivity index (χ0) is 12.7. The molecule has 0 radical (unpaired) electrons. The van der Waals surface area contributed by atoms with E-state index in [9.17, 15) is 0 Å². The van der Waals surface area contributed by atoms with Crippen molar-refractivity contribution in [1.29, 1.82) is 0 Å². The van der Waals surface area contributed by atoms with Gasteiger partial charge in [-0.15, -0.1) is 10.2 Å². The van der Waals surface area contributed by atoms with E-state index >= 15 is 0 Å². The average Bonchev–Trinajstić information content (AvgIpc) is 2.86. The van der Waals surface area contributed by atoms with E-state index in [1.807, 2.05) is 13.1 Å². The maximum Gasteiger partial charge on any atom is 0.224 e. The van der Waals surface area contributed by atoms with Crippen molar-refractivity contribution in [2.24, 2.45) is 7.05 Å². The molecule has 18 heavy (non-hydrogen) atoms. The van der Waals surface area contributed by atoms with Gasteiger partial charge < -0.3 is 8.98 Å². The van der Waals surface area contributed by atoms with E-state index in [4.69, 9.17) is 4.42 Å². The Hall–Kier alpha value is -2.17. The topological polar surface area (TPSA) is 56.7 Å². The van der Waals surface area contributed by atoms with Gasteiger partial charge in [0.15, 0.2) is 0 Å². The average molecular weight is 242 g/mol. The van der Waals surface area contributed by atoms with Gasteiger partial charge in [-0.25, -0.2) is 4.98 Å². The summed E-state index contributed by atoms with van der Waals surface area (Å²) in [6.07, 6.45) is 0.561. The molecule has 3 rings (SSSR count). The second kappa shape index (κ2) is 3.94. The third-order valence-electron chi connectivity index (χ3n) is 3.01. The lowest BCUT2D eigenvalue weighted by molar-refractivity contribution is 0.472. The molecular weight excluding hydrogens is 228 g/mol. The lowest BCUT2D eigenvalue weighted by Gasteiger charge is -1.99. The number of fused-ring (bicyclic) bond motifs is 1.